The fourth-order valence-corrected chi connectivity index (χ4v) is 4.31. The monoisotopic (exact) mass is 370 g/mol. The predicted molar refractivity (Wildman–Crippen MR) is 99.3 cm³/mol. The van der Waals surface area contributed by atoms with Crippen LogP contribution in [-0.2, 0) is 24.2 Å². The van der Waals surface area contributed by atoms with Gasteiger partial charge in [-0.1, -0.05) is 23.9 Å². The number of aryl methyl sites for hydroxylation is 2. The first kappa shape index (κ1) is 17.3. The lowest BCUT2D eigenvalue weighted by Crippen LogP contribution is -2.16. The smallest absolute Gasteiger partial charge is 0.219 e. The standard InChI is InChI=1S/C19H22N4O2S/c20-17(25)8-9-23-18(13-5-6-13)21-22-19(23)26-11-16(24)15-7-4-12-2-1-3-14(12)10-15/h4,7,10,13H,1-3,5-6,8-9,11H2,(H2,20,25). The van der Waals surface area contributed by atoms with Crippen molar-refractivity contribution in [2.75, 3.05) is 5.75 Å². The Kier molecular flexibility index (Phi) is 4.80. The lowest BCUT2D eigenvalue weighted by molar-refractivity contribution is -0.118. The van der Waals surface area contributed by atoms with Gasteiger partial charge in [0.25, 0.3) is 0 Å². The second kappa shape index (κ2) is 7.23. The number of thioether (sulfide) groups is 1. The normalized spacial score (nSPS) is 15.8. The van der Waals surface area contributed by atoms with E-state index in [1.54, 1.807) is 0 Å². The van der Waals surface area contributed by atoms with E-state index in [1.165, 1.54) is 29.3 Å². The van der Waals surface area contributed by atoms with Crippen LogP contribution in [0.5, 0.6) is 0 Å². The summed E-state index contributed by atoms with van der Waals surface area (Å²) in [6, 6.07) is 6.06. The first-order valence-corrected chi connectivity index (χ1v) is 10.1. The summed E-state index contributed by atoms with van der Waals surface area (Å²) in [7, 11) is 0. The third-order valence-electron chi connectivity index (χ3n) is 5.02. The highest BCUT2D eigenvalue weighted by atomic mass is 32.2. The average molecular weight is 370 g/mol. The van der Waals surface area contributed by atoms with Gasteiger partial charge in [0, 0.05) is 24.4 Å². The maximum Gasteiger partial charge on any atom is 0.219 e. The maximum atomic E-state index is 12.6. The summed E-state index contributed by atoms with van der Waals surface area (Å²) in [5.74, 6) is 1.42. The van der Waals surface area contributed by atoms with Crippen molar-refractivity contribution in [1.29, 1.82) is 0 Å². The van der Waals surface area contributed by atoms with Crippen LogP contribution in [0, 0.1) is 0 Å². The van der Waals surface area contributed by atoms with E-state index in [0.29, 0.717) is 23.4 Å². The summed E-state index contributed by atoms with van der Waals surface area (Å²) in [6.07, 6.45) is 5.82. The molecule has 1 saturated carbocycles. The fourth-order valence-electron chi connectivity index (χ4n) is 3.44. The Balaban J connectivity index is 1.45. The van der Waals surface area contributed by atoms with Gasteiger partial charge in [0.05, 0.1) is 5.75 Å². The molecule has 2 N–H and O–H groups in total. The van der Waals surface area contributed by atoms with E-state index in [2.05, 4.69) is 16.3 Å². The molecule has 1 heterocycles. The summed E-state index contributed by atoms with van der Waals surface area (Å²) >= 11 is 1.39. The molecular weight excluding hydrogens is 348 g/mol. The van der Waals surface area contributed by atoms with Gasteiger partial charge in [0.2, 0.25) is 5.91 Å². The second-order valence-corrected chi connectivity index (χ2v) is 7.97. The van der Waals surface area contributed by atoms with Gasteiger partial charge in [-0.3, -0.25) is 9.59 Å². The number of primary amides is 1. The van der Waals surface area contributed by atoms with Crippen molar-refractivity contribution < 1.29 is 9.59 Å². The molecule has 6 nitrogen and oxygen atoms in total. The van der Waals surface area contributed by atoms with Crippen LogP contribution in [0.25, 0.3) is 0 Å². The Labute approximate surface area is 156 Å². The van der Waals surface area contributed by atoms with Crippen LogP contribution in [0.15, 0.2) is 23.4 Å². The number of hydrogen-bond donors (Lipinski definition) is 1. The number of fused-ring (bicyclic) bond motifs is 1. The van der Waals surface area contributed by atoms with Crippen molar-refractivity contribution in [2.24, 2.45) is 5.73 Å². The zero-order valence-corrected chi connectivity index (χ0v) is 15.4. The van der Waals surface area contributed by atoms with E-state index in [1.807, 2.05) is 16.7 Å². The van der Waals surface area contributed by atoms with E-state index in [9.17, 15) is 9.59 Å². The third kappa shape index (κ3) is 3.67. The van der Waals surface area contributed by atoms with Gasteiger partial charge in [-0.15, -0.1) is 10.2 Å². The number of carbonyl (C=O) groups excluding carboxylic acids is 2. The van der Waals surface area contributed by atoms with Crippen LogP contribution < -0.4 is 5.73 Å². The molecule has 136 valence electrons. The summed E-state index contributed by atoms with van der Waals surface area (Å²) in [6.45, 7) is 0.476. The molecule has 2 aliphatic rings. The van der Waals surface area contributed by atoms with Gasteiger partial charge in [-0.2, -0.15) is 0 Å². The van der Waals surface area contributed by atoms with Crippen molar-refractivity contribution in [2.45, 2.75) is 56.1 Å². The summed E-state index contributed by atoms with van der Waals surface area (Å²) < 4.78 is 1.96. The van der Waals surface area contributed by atoms with Crippen LogP contribution in [0.4, 0.5) is 0 Å². The molecule has 0 atom stereocenters. The van der Waals surface area contributed by atoms with Crippen LogP contribution >= 0.6 is 11.8 Å². The minimum atomic E-state index is -0.342. The third-order valence-corrected chi connectivity index (χ3v) is 5.99. The minimum Gasteiger partial charge on any atom is -0.370 e. The minimum absolute atomic E-state index is 0.0992. The number of carbonyl (C=O) groups is 2. The largest absolute Gasteiger partial charge is 0.370 e. The van der Waals surface area contributed by atoms with Crippen LogP contribution in [0.3, 0.4) is 0 Å². The average Bonchev–Trinajstić information content (AvgIpc) is 3.22. The number of ketones is 1. The SMILES string of the molecule is NC(=O)CCn1c(SCC(=O)c2ccc3c(c2)CCC3)nnc1C1CC1. The topological polar surface area (TPSA) is 90.9 Å². The van der Waals surface area contributed by atoms with Crippen LogP contribution in [0.2, 0.25) is 0 Å². The van der Waals surface area contributed by atoms with Gasteiger partial charge in [-0.25, -0.2) is 0 Å². The molecular formula is C19H22N4O2S. The molecule has 1 aromatic carbocycles. The van der Waals surface area contributed by atoms with E-state index in [-0.39, 0.29) is 18.1 Å². The summed E-state index contributed by atoms with van der Waals surface area (Å²) in [4.78, 5) is 23.7. The second-order valence-electron chi connectivity index (χ2n) is 7.03. The molecule has 1 amide bonds. The highest BCUT2D eigenvalue weighted by Crippen LogP contribution is 2.40. The predicted octanol–water partition coefficient (Wildman–Crippen LogP) is 2.49. The van der Waals surface area contributed by atoms with E-state index < -0.39 is 0 Å². The van der Waals surface area contributed by atoms with E-state index >= 15 is 0 Å². The number of aromatic nitrogens is 3. The Morgan fingerprint density at radius 1 is 1.19 bits per heavy atom. The molecule has 1 aromatic heterocycles. The first-order chi connectivity index (χ1) is 12.6. The molecule has 0 aliphatic heterocycles. The Morgan fingerprint density at radius 2 is 2.00 bits per heavy atom. The van der Waals surface area contributed by atoms with E-state index in [0.717, 1.165) is 37.1 Å². The number of hydrogen-bond acceptors (Lipinski definition) is 5. The van der Waals surface area contributed by atoms with E-state index in [4.69, 9.17) is 5.73 Å². The number of nitrogens with zero attached hydrogens (tertiary/aromatic N) is 3. The summed E-state index contributed by atoms with van der Waals surface area (Å²) in [5.41, 5.74) is 8.73. The Hall–Kier alpha value is -2.15. The molecule has 2 aromatic rings. The number of benzene rings is 1. The molecule has 1 fully saturated rings. The number of nitrogens with two attached hydrogens (primary N) is 1. The number of Topliss-reactive ketones (excluding diaryl/α,β-unsaturated/α-hetero) is 1. The molecule has 26 heavy (non-hydrogen) atoms. The molecule has 0 saturated heterocycles. The first-order valence-electron chi connectivity index (χ1n) is 9.11. The zero-order chi connectivity index (χ0) is 18.1. The van der Waals surface area contributed by atoms with Crippen molar-refractivity contribution in [3.63, 3.8) is 0 Å². The van der Waals surface area contributed by atoms with Gasteiger partial charge in [-0.05, 0) is 49.3 Å². The Morgan fingerprint density at radius 3 is 2.77 bits per heavy atom. The van der Waals surface area contributed by atoms with Gasteiger partial charge in [0.15, 0.2) is 10.9 Å². The van der Waals surface area contributed by atoms with Gasteiger partial charge in [0.1, 0.15) is 5.82 Å². The highest BCUT2D eigenvalue weighted by molar-refractivity contribution is 7.99. The zero-order valence-electron chi connectivity index (χ0n) is 14.6. The highest BCUT2D eigenvalue weighted by Gasteiger charge is 2.30. The van der Waals surface area contributed by atoms with Crippen molar-refractivity contribution in [1.82, 2.24) is 14.8 Å². The molecule has 2 aliphatic carbocycles. The fraction of sp³-hybridized carbons (Fsp3) is 0.474. The molecule has 7 heteroatoms. The number of rotatable bonds is 8. The summed E-state index contributed by atoms with van der Waals surface area (Å²) in [5, 5.41) is 9.23. The lowest BCUT2D eigenvalue weighted by atomic mass is 10.0. The van der Waals surface area contributed by atoms with Crippen LogP contribution in [0.1, 0.15) is 58.9 Å². The van der Waals surface area contributed by atoms with Gasteiger partial charge < -0.3 is 10.3 Å². The van der Waals surface area contributed by atoms with Crippen LogP contribution in [-0.4, -0.2) is 32.2 Å². The molecule has 0 bridgehead atoms. The van der Waals surface area contributed by atoms with Crippen molar-refractivity contribution in [3.05, 3.63) is 40.7 Å². The van der Waals surface area contributed by atoms with Gasteiger partial charge >= 0.3 is 0 Å². The lowest BCUT2D eigenvalue weighted by Gasteiger charge is -2.08. The van der Waals surface area contributed by atoms with Crippen molar-refractivity contribution >= 4 is 23.5 Å². The van der Waals surface area contributed by atoms with Crippen molar-refractivity contribution in [3.8, 4) is 0 Å². The molecule has 0 radical (unpaired) electrons. The Bertz CT molecular complexity index is 857. The maximum absolute atomic E-state index is 12.6. The number of amides is 1. The molecule has 0 unspecified atom stereocenters. The quantitative estimate of drug-likeness (QED) is 0.569. The molecule has 0 spiro atoms. The molecule has 4 rings (SSSR count).